The lowest BCUT2D eigenvalue weighted by molar-refractivity contribution is -0.137. The van der Waals surface area contributed by atoms with Crippen molar-refractivity contribution >= 4 is 23.6 Å². The van der Waals surface area contributed by atoms with Crippen molar-refractivity contribution in [3.05, 3.63) is 29.8 Å². The molecule has 114 valence electrons. The predicted molar refractivity (Wildman–Crippen MR) is 78.3 cm³/mol. The van der Waals surface area contributed by atoms with Crippen molar-refractivity contribution in [2.24, 2.45) is 0 Å². The van der Waals surface area contributed by atoms with Crippen LogP contribution in [-0.4, -0.2) is 47.5 Å². The van der Waals surface area contributed by atoms with E-state index in [1.54, 1.807) is 18.2 Å². The van der Waals surface area contributed by atoms with Gasteiger partial charge in [0, 0.05) is 13.1 Å². The van der Waals surface area contributed by atoms with Gasteiger partial charge in [0.1, 0.15) is 6.54 Å². The summed E-state index contributed by atoms with van der Waals surface area (Å²) in [4.78, 5) is 35.6. The maximum Gasteiger partial charge on any atom is 0.323 e. The van der Waals surface area contributed by atoms with Crippen molar-refractivity contribution < 1.29 is 19.5 Å². The fourth-order valence-electron chi connectivity index (χ4n) is 1.68. The number of benzene rings is 1. The van der Waals surface area contributed by atoms with Gasteiger partial charge in [-0.3, -0.25) is 9.59 Å². The molecule has 21 heavy (non-hydrogen) atoms. The Morgan fingerprint density at radius 1 is 1.24 bits per heavy atom. The molecule has 7 nitrogen and oxygen atoms in total. The minimum absolute atomic E-state index is 0.0393. The largest absolute Gasteiger partial charge is 0.480 e. The van der Waals surface area contributed by atoms with E-state index in [1.165, 1.54) is 13.1 Å². The van der Waals surface area contributed by atoms with Crippen LogP contribution in [0.4, 0.5) is 10.5 Å². The van der Waals surface area contributed by atoms with Crippen LogP contribution < -0.4 is 10.6 Å². The Morgan fingerprint density at radius 3 is 2.43 bits per heavy atom. The molecule has 1 rings (SSSR count). The second kappa shape index (κ2) is 7.28. The third kappa shape index (κ3) is 5.13. The van der Waals surface area contributed by atoms with E-state index in [2.05, 4.69) is 10.6 Å². The normalized spacial score (nSPS) is 10.1. The van der Waals surface area contributed by atoms with Crippen LogP contribution in [0.15, 0.2) is 24.3 Å². The minimum Gasteiger partial charge on any atom is -0.480 e. The summed E-state index contributed by atoms with van der Waals surface area (Å²) in [6.07, 6.45) is 0. The van der Waals surface area contributed by atoms with E-state index in [9.17, 15) is 14.4 Å². The number of amides is 3. The summed E-state index contributed by atoms with van der Waals surface area (Å²) >= 11 is 0. The summed E-state index contributed by atoms with van der Waals surface area (Å²) in [6, 6.07) is 5.98. The van der Waals surface area contributed by atoms with Crippen LogP contribution >= 0.6 is 0 Å². The van der Waals surface area contributed by atoms with E-state index in [0.29, 0.717) is 5.69 Å². The Hall–Kier alpha value is -2.57. The summed E-state index contributed by atoms with van der Waals surface area (Å²) in [7, 11) is 1.39. The maximum atomic E-state index is 12.2. The quantitative estimate of drug-likeness (QED) is 0.763. The van der Waals surface area contributed by atoms with E-state index in [4.69, 9.17) is 5.11 Å². The van der Waals surface area contributed by atoms with E-state index >= 15 is 0 Å². The third-order valence-corrected chi connectivity index (χ3v) is 2.54. The molecule has 0 aliphatic heterocycles. The molecule has 0 atom stereocenters. The standard InChI is InChI=1S/C14H19N3O4/c1-9(2)15-14(21)16-11-7-5-4-6-10(11)13(20)17(3)8-12(18)19/h4-7,9H,8H2,1-3H3,(H,18,19)(H2,15,16,21). The number of carboxylic acids is 1. The second-order valence-electron chi connectivity index (χ2n) is 4.85. The number of aliphatic carboxylic acids is 1. The van der Waals surface area contributed by atoms with Gasteiger partial charge in [0.25, 0.3) is 5.91 Å². The lowest BCUT2D eigenvalue weighted by atomic mass is 10.1. The molecule has 0 aromatic heterocycles. The lowest BCUT2D eigenvalue weighted by Crippen LogP contribution is -2.36. The molecule has 0 fully saturated rings. The number of likely N-dealkylation sites (N-methyl/N-ethyl adjacent to an activating group) is 1. The van der Waals surface area contributed by atoms with Crippen molar-refractivity contribution in [1.29, 1.82) is 0 Å². The number of carboxylic acid groups (broad SMARTS) is 1. The van der Waals surface area contributed by atoms with Crippen LogP contribution in [-0.2, 0) is 4.79 Å². The zero-order valence-electron chi connectivity index (χ0n) is 12.2. The number of carbonyl (C=O) groups excluding carboxylic acids is 2. The number of hydrogen-bond acceptors (Lipinski definition) is 3. The van der Waals surface area contributed by atoms with Gasteiger partial charge in [0.15, 0.2) is 0 Å². The van der Waals surface area contributed by atoms with Crippen molar-refractivity contribution in [3.8, 4) is 0 Å². The average Bonchev–Trinajstić information content (AvgIpc) is 2.36. The summed E-state index contributed by atoms with van der Waals surface area (Å²) in [6.45, 7) is 3.22. The topological polar surface area (TPSA) is 98.7 Å². The molecule has 0 aliphatic carbocycles. The number of nitrogens with zero attached hydrogens (tertiary/aromatic N) is 1. The highest BCUT2D eigenvalue weighted by molar-refractivity contribution is 6.04. The van der Waals surface area contributed by atoms with Gasteiger partial charge in [0.2, 0.25) is 0 Å². The highest BCUT2D eigenvalue weighted by Gasteiger charge is 2.18. The molecule has 0 unspecified atom stereocenters. The number of nitrogens with one attached hydrogen (secondary N) is 2. The van der Waals surface area contributed by atoms with Crippen LogP contribution in [0.25, 0.3) is 0 Å². The SMILES string of the molecule is CC(C)NC(=O)Nc1ccccc1C(=O)N(C)CC(=O)O. The van der Waals surface area contributed by atoms with Crippen LogP contribution in [0.3, 0.4) is 0 Å². The average molecular weight is 293 g/mol. The molecule has 1 aromatic carbocycles. The van der Waals surface area contributed by atoms with Crippen LogP contribution in [0.5, 0.6) is 0 Å². The summed E-state index contributed by atoms with van der Waals surface area (Å²) in [5, 5.41) is 14.0. The fourth-order valence-corrected chi connectivity index (χ4v) is 1.68. The number of para-hydroxylation sites is 1. The predicted octanol–water partition coefficient (Wildman–Crippen LogP) is 1.37. The molecule has 3 amide bonds. The van der Waals surface area contributed by atoms with Crippen LogP contribution in [0.1, 0.15) is 24.2 Å². The van der Waals surface area contributed by atoms with E-state index in [0.717, 1.165) is 4.90 Å². The molecular weight excluding hydrogens is 274 g/mol. The number of urea groups is 1. The van der Waals surface area contributed by atoms with Gasteiger partial charge in [-0.25, -0.2) is 4.79 Å². The van der Waals surface area contributed by atoms with Crippen molar-refractivity contribution in [2.45, 2.75) is 19.9 Å². The Morgan fingerprint density at radius 2 is 1.86 bits per heavy atom. The third-order valence-electron chi connectivity index (χ3n) is 2.54. The number of rotatable bonds is 5. The van der Waals surface area contributed by atoms with Gasteiger partial charge in [-0.1, -0.05) is 12.1 Å². The molecule has 0 saturated heterocycles. The lowest BCUT2D eigenvalue weighted by Gasteiger charge is -2.18. The molecule has 0 saturated carbocycles. The molecule has 3 N–H and O–H groups in total. The smallest absolute Gasteiger partial charge is 0.323 e. The Kier molecular flexibility index (Phi) is 5.71. The van der Waals surface area contributed by atoms with Crippen LogP contribution in [0.2, 0.25) is 0 Å². The molecular formula is C14H19N3O4. The second-order valence-corrected chi connectivity index (χ2v) is 4.85. The van der Waals surface area contributed by atoms with Gasteiger partial charge >= 0.3 is 12.0 Å². The fraction of sp³-hybridized carbons (Fsp3) is 0.357. The van der Waals surface area contributed by atoms with E-state index in [-0.39, 0.29) is 11.6 Å². The number of carbonyl (C=O) groups is 3. The number of hydrogen-bond donors (Lipinski definition) is 3. The monoisotopic (exact) mass is 293 g/mol. The van der Waals surface area contributed by atoms with Gasteiger partial charge < -0.3 is 20.6 Å². The first-order chi connectivity index (χ1) is 9.81. The summed E-state index contributed by atoms with van der Waals surface area (Å²) in [5.41, 5.74) is 0.568. The highest BCUT2D eigenvalue weighted by Crippen LogP contribution is 2.16. The number of anilines is 1. The minimum atomic E-state index is -1.10. The Labute approximate surface area is 122 Å². The first kappa shape index (κ1) is 16.5. The molecule has 0 radical (unpaired) electrons. The Bertz CT molecular complexity index is 543. The highest BCUT2D eigenvalue weighted by atomic mass is 16.4. The summed E-state index contributed by atoms with van der Waals surface area (Å²) in [5.74, 6) is -1.58. The first-order valence-electron chi connectivity index (χ1n) is 6.45. The Balaban J connectivity index is 2.91. The van der Waals surface area contributed by atoms with Crippen molar-refractivity contribution in [1.82, 2.24) is 10.2 Å². The van der Waals surface area contributed by atoms with Gasteiger partial charge in [-0.2, -0.15) is 0 Å². The molecule has 1 aromatic rings. The van der Waals surface area contributed by atoms with Gasteiger partial charge in [0.05, 0.1) is 11.3 Å². The van der Waals surface area contributed by atoms with Crippen LogP contribution in [0, 0.1) is 0 Å². The molecule has 0 aliphatic rings. The first-order valence-corrected chi connectivity index (χ1v) is 6.45. The van der Waals surface area contributed by atoms with Crippen molar-refractivity contribution in [2.75, 3.05) is 18.9 Å². The molecule has 7 heteroatoms. The summed E-state index contributed by atoms with van der Waals surface area (Å²) < 4.78 is 0. The maximum absolute atomic E-state index is 12.2. The molecule has 0 heterocycles. The van der Waals surface area contributed by atoms with Gasteiger partial charge in [-0.05, 0) is 26.0 Å². The molecule has 0 bridgehead atoms. The van der Waals surface area contributed by atoms with Crippen molar-refractivity contribution in [3.63, 3.8) is 0 Å². The van der Waals surface area contributed by atoms with Gasteiger partial charge in [-0.15, -0.1) is 0 Å². The zero-order chi connectivity index (χ0) is 16.0. The zero-order valence-corrected chi connectivity index (χ0v) is 12.2. The van der Waals surface area contributed by atoms with E-state index < -0.39 is 24.5 Å². The van der Waals surface area contributed by atoms with E-state index in [1.807, 2.05) is 13.8 Å². The molecule has 0 spiro atoms.